The van der Waals surface area contributed by atoms with Crippen molar-refractivity contribution >= 4 is 0 Å². The van der Waals surface area contributed by atoms with Crippen molar-refractivity contribution in [1.29, 1.82) is 0 Å². The zero-order valence-corrected chi connectivity index (χ0v) is 11.3. The second-order valence-corrected chi connectivity index (χ2v) is 6.95. The van der Waals surface area contributed by atoms with E-state index in [2.05, 4.69) is 11.9 Å². The van der Waals surface area contributed by atoms with Crippen LogP contribution in [0, 0.1) is 23.7 Å². The SMILES string of the molecule is CN(CC1CCCC1)CC1C2CCC(C2)C1N. The molecule has 4 unspecified atom stereocenters. The maximum atomic E-state index is 6.39. The molecule has 2 heteroatoms. The molecule has 2 N–H and O–H groups in total. The van der Waals surface area contributed by atoms with Gasteiger partial charge in [-0.25, -0.2) is 0 Å². The van der Waals surface area contributed by atoms with E-state index in [1.165, 1.54) is 58.0 Å². The minimum Gasteiger partial charge on any atom is -0.327 e. The Hall–Kier alpha value is -0.0800. The van der Waals surface area contributed by atoms with Crippen LogP contribution >= 0.6 is 0 Å². The van der Waals surface area contributed by atoms with Crippen molar-refractivity contribution in [3.05, 3.63) is 0 Å². The Balaban J connectivity index is 1.49. The first-order valence-corrected chi connectivity index (χ1v) is 7.68. The predicted octanol–water partition coefficient (Wildman–Crippen LogP) is 2.48. The van der Waals surface area contributed by atoms with Gasteiger partial charge in [-0.15, -0.1) is 0 Å². The highest BCUT2D eigenvalue weighted by Gasteiger charge is 2.45. The summed E-state index contributed by atoms with van der Waals surface area (Å²) in [5, 5.41) is 0. The molecule has 0 saturated heterocycles. The molecular weight excluding hydrogens is 208 g/mol. The lowest BCUT2D eigenvalue weighted by Gasteiger charge is -2.32. The molecule has 0 spiro atoms. The van der Waals surface area contributed by atoms with Crippen molar-refractivity contribution < 1.29 is 0 Å². The summed E-state index contributed by atoms with van der Waals surface area (Å²) in [6, 6.07) is 0.514. The number of hydrogen-bond donors (Lipinski definition) is 1. The Morgan fingerprint density at radius 2 is 1.71 bits per heavy atom. The van der Waals surface area contributed by atoms with Crippen molar-refractivity contribution in [2.75, 3.05) is 20.1 Å². The van der Waals surface area contributed by atoms with E-state index in [9.17, 15) is 0 Å². The maximum absolute atomic E-state index is 6.39. The quantitative estimate of drug-likeness (QED) is 0.812. The molecule has 0 aliphatic heterocycles. The van der Waals surface area contributed by atoms with Crippen LogP contribution in [-0.4, -0.2) is 31.1 Å². The van der Waals surface area contributed by atoms with Gasteiger partial charge in [0.05, 0.1) is 0 Å². The van der Waals surface area contributed by atoms with E-state index in [0.29, 0.717) is 6.04 Å². The lowest BCUT2D eigenvalue weighted by Crippen LogP contribution is -2.42. The summed E-state index contributed by atoms with van der Waals surface area (Å²) in [6.07, 6.45) is 10.2. The highest BCUT2D eigenvalue weighted by molar-refractivity contribution is 4.99. The van der Waals surface area contributed by atoms with Crippen molar-refractivity contribution in [1.82, 2.24) is 4.90 Å². The van der Waals surface area contributed by atoms with E-state index >= 15 is 0 Å². The molecule has 0 aromatic carbocycles. The zero-order chi connectivity index (χ0) is 11.8. The first-order chi connectivity index (χ1) is 8.24. The number of hydrogen-bond acceptors (Lipinski definition) is 2. The Morgan fingerprint density at radius 3 is 2.35 bits per heavy atom. The topological polar surface area (TPSA) is 29.3 Å². The van der Waals surface area contributed by atoms with Crippen LogP contribution < -0.4 is 5.73 Å². The standard InChI is InChI=1S/C15H28N2/c1-17(9-11-4-2-3-5-11)10-14-12-6-7-13(8-12)15(14)16/h11-15H,2-10,16H2,1H3. The molecule has 0 aromatic heterocycles. The summed E-state index contributed by atoms with van der Waals surface area (Å²) < 4.78 is 0. The third kappa shape index (κ3) is 2.39. The highest BCUT2D eigenvalue weighted by Crippen LogP contribution is 2.47. The normalized spacial score (nSPS) is 41.8. The van der Waals surface area contributed by atoms with E-state index < -0.39 is 0 Å². The summed E-state index contributed by atoms with van der Waals surface area (Å²) >= 11 is 0. The summed E-state index contributed by atoms with van der Waals surface area (Å²) in [5.41, 5.74) is 6.39. The van der Waals surface area contributed by atoms with Gasteiger partial charge < -0.3 is 10.6 Å². The van der Waals surface area contributed by atoms with E-state index in [1.54, 1.807) is 0 Å². The number of nitrogens with zero attached hydrogens (tertiary/aromatic N) is 1. The molecule has 0 amide bonds. The van der Waals surface area contributed by atoms with Crippen molar-refractivity contribution in [2.45, 2.75) is 51.0 Å². The number of nitrogens with two attached hydrogens (primary N) is 1. The van der Waals surface area contributed by atoms with Crippen LogP contribution in [0.3, 0.4) is 0 Å². The average molecular weight is 236 g/mol. The molecule has 0 radical (unpaired) electrons. The Labute approximate surface area is 106 Å². The van der Waals surface area contributed by atoms with Gasteiger partial charge in [0, 0.05) is 19.1 Å². The van der Waals surface area contributed by atoms with Gasteiger partial charge in [-0.05, 0) is 62.8 Å². The van der Waals surface area contributed by atoms with Gasteiger partial charge in [-0.2, -0.15) is 0 Å². The van der Waals surface area contributed by atoms with Gasteiger partial charge in [-0.1, -0.05) is 12.8 Å². The predicted molar refractivity (Wildman–Crippen MR) is 71.8 cm³/mol. The molecule has 17 heavy (non-hydrogen) atoms. The maximum Gasteiger partial charge on any atom is 0.0111 e. The molecule has 0 aromatic rings. The van der Waals surface area contributed by atoms with E-state index in [4.69, 9.17) is 5.73 Å². The van der Waals surface area contributed by atoms with Crippen LogP contribution in [0.2, 0.25) is 0 Å². The molecule has 3 aliphatic carbocycles. The molecule has 98 valence electrons. The van der Waals surface area contributed by atoms with Crippen LogP contribution in [0.1, 0.15) is 44.9 Å². The first kappa shape index (κ1) is 12.0. The lowest BCUT2D eigenvalue weighted by molar-refractivity contribution is 0.181. The van der Waals surface area contributed by atoms with Gasteiger partial charge in [0.1, 0.15) is 0 Å². The fourth-order valence-electron chi connectivity index (χ4n) is 4.79. The minimum absolute atomic E-state index is 0.514. The third-order valence-electron chi connectivity index (χ3n) is 5.73. The van der Waals surface area contributed by atoms with E-state index in [-0.39, 0.29) is 0 Å². The molecular formula is C15H28N2. The summed E-state index contributed by atoms with van der Waals surface area (Å²) in [6.45, 7) is 2.58. The molecule has 3 aliphatic rings. The van der Waals surface area contributed by atoms with Gasteiger partial charge in [0.25, 0.3) is 0 Å². The third-order valence-corrected chi connectivity index (χ3v) is 5.73. The molecule has 2 bridgehead atoms. The molecule has 0 heterocycles. The number of fused-ring (bicyclic) bond motifs is 2. The van der Waals surface area contributed by atoms with Gasteiger partial charge in [0.2, 0.25) is 0 Å². The lowest BCUT2D eigenvalue weighted by atomic mass is 9.84. The van der Waals surface area contributed by atoms with Crippen LogP contribution in [0.15, 0.2) is 0 Å². The zero-order valence-electron chi connectivity index (χ0n) is 11.3. The minimum atomic E-state index is 0.514. The fraction of sp³-hybridized carbons (Fsp3) is 1.00. The van der Waals surface area contributed by atoms with Crippen LogP contribution in [0.5, 0.6) is 0 Å². The Kier molecular flexibility index (Phi) is 3.45. The second-order valence-electron chi connectivity index (χ2n) is 6.95. The Bertz CT molecular complexity index is 258. The van der Waals surface area contributed by atoms with Gasteiger partial charge in [0.15, 0.2) is 0 Å². The Morgan fingerprint density at radius 1 is 1.00 bits per heavy atom. The molecule has 3 saturated carbocycles. The highest BCUT2D eigenvalue weighted by atomic mass is 15.1. The largest absolute Gasteiger partial charge is 0.327 e. The van der Waals surface area contributed by atoms with Gasteiger partial charge >= 0.3 is 0 Å². The molecule has 4 atom stereocenters. The fourth-order valence-corrected chi connectivity index (χ4v) is 4.79. The van der Waals surface area contributed by atoms with E-state index in [0.717, 1.165) is 23.7 Å². The van der Waals surface area contributed by atoms with Crippen LogP contribution in [-0.2, 0) is 0 Å². The summed E-state index contributed by atoms with van der Waals surface area (Å²) in [7, 11) is 2.32. The smallest absolute Gasteiger partial charge is 0.0111 e. The first-order valence-electron chi connectivity index (χ1n) is 7.68. The van der Waals surface area contributed by atoms with Gasteiger partial charge in [-0.3, -0.25) is 0 Å². The van der Waals surface area contributed by atoms with E-state index in [1.807, 2.05) is 0 Å². The molecule has 3 rings (SSSR count). The van der Waals surface area contributed by atoms with Crippen LogP contribution in [0.25, 0.3) is 0 Å². The van der Waals surface area contributed by atoms with Crippen molar-refractivity contribution in [3.63, 3.8) is 0 Å². The molecule has 2 nitrogen and oxygen atoms in total. The average Bonchev–Trinajstić information content (AvgIpc) is 2.98. The monoisotopic (exact) mass is 236 g/mol. The van der Waals surface area contributed by atoms with Crippen molar-refractivity contribution in [2.24, 2.45) is 29.4 Å². The number of rotatable bonds is 4. The second kappa shape index (κ2) is 4.89. The van der Waals surface area contributed by atoms with Crippen molar-refractivity contribution in [3.8, 4) is 0 Å². The summed E-state index contributed by atoms with van der Waals surface area (Å²) in [5.74, 6) is 3.61. The van der Waals surface area contributed by atoms with Crippen LogP contribution in [0.4, 0.5) is 0 Å². The molecule has 3 fully saturated rings. The summed E-state index contributed by atoms with van der Waals surface area (Å²) in [4.78, 5) is 2.58.